The zero-order valence-electron chi connectivity index (χ0n) is 11.3. The summed E-state index contributed by atoms with van der Waals surface area (Å²) in [6.07, 6.45) is 0. The minimum Gasteiger partial charge on any atom is -0.399 e. The fraction of sp³-hybridized carbons (Fsp3) is 0.133. The third-order valence-corrected chi connectivity index (χ3v) is 4.87. The Morgan fingerprint density at radius 1 is 1.24 bits per heavy atom. The number of sulfone groups is 1. The van der Waals surface area contributed by atoms with Gasteiger partial charge in [0.15, 0.2) is 9.84 Å². The molecular weight excluding hydrogens is 291 g/mol. The van der Waals surface area contributed by atoms with E-state index in [0.717, 1.165) is 6.07 Å². The molecule has 0 amide bonds. The average molecular weight is 304 g/mol. The van der Waals surface area contributed by atoms with E-state index in [1.54, 1.807) is 19.1 Å². The van der Waals surface area contributed by atoms with Gasteiger partial charge in [-0.2, -0.15) is 5.26 Å². The molecule has 108 valence electrons. The highest BCUT2D eigenvalue weighted by Crippen LogP contribution is 2.24. The molecule has 0 atom stereocenters. The molecule has 0 bridgehead atoms. The number of hydrogen-bond acceptors (Lipinski definition) is 4. The highest BCUT2D eigenvalue weighted by atomic mass is 32.2. The summed E-state index contributed by atoms with van der Waals surface area (Å²) in [5.41, 5.74) is 6.66. The van der Waals surface area contributed by atoms with E-state index in [4.69, 9.17) is 11.0 Å². The molecular formula is C15H13FN2O2S. The smallest absolute Gasteiger partial charge is 0.182 e. The van der Waals surface area contributed by atoms with Crippen LogP contribution in [0.15, 0.2) is 41.3 Å². The first kappa shape index (κ1) is 15.0. The molecule has 2 rings (SSSR count). The third kappa shape index (κ3) is 3.20. The SMILES string of the molecule is Cc1ccc(N)cc1S(=O)(=O)Cc1cc(C#N)ccc1F. The minimum atomic E-state index is -3.74. The second-order valence-corrected chi connectivity index (χ2v) is 6.66. The Kier molecular flexibility index (Phi) is 3.96. The number of halogens is 1. The van der Waals surface area contributed by atoms with Crippen molar-refractivity contribution in [3.8, 4) is 6.07 Å². The van der Waals surface area contributed by atoms with Gasteiger partial charge in [-0.15, -0.1) is 0 Å². The van der Waals surface area contributed by atoms with E-state index < -0.39 is 21.4 Å². The summed E-state index contributed by atoms with van der Waals surface area (Å²) in [4.78, 5) is 0.0734. The highest BCUT2D eigenvalue weighted by molar-refractivity contribution is 7.90. The lowest BCUT2D eigenvalue weighted by Crippen LogP contribution is -2.09. The summed E-state index contributed by atoms with van der Waals surface area (Å²) in [6, 6.07) is 10.1. The molecule has 0 aliphatic heterocycles. The van der Waals surface area contributed by atoms with Gasteiger partial charge in [-0.3, -0.25) is 0 Å². The Hall–Kier alpha value is -2.39. The Bertz CT molecular complexity index is 839. The van der Waals surface area contributed by atoms with Crippen LogP contribution in [0.5, 0.6) is 0 Å². The van der Waals surface area contributed by atoms with Crippen molar-refractivity contribution in [1.29, 1.82) is 5.26 Å². The second kappa shape index (κ2) is 5.54. The van der Waals surface area contributed by atoms with Crippen LogP contribution >= 0.6 is 0 Å². The number of nitrogen functional groups attached to an aromatic ring is 1. The monoisotopic (exact) mass is 304 g/mol. The molecule has 2 N–H and O–H groups in total. The largest absolute Gasteiger partial charge is 0.399 e. The van der Waals surface area contributed by atoms with Crippen molar-refractivity contribution in [3.63, 3.8) is 0 Å². The number of aryl methyl sites for hydroxylation is 1. The lowest BCUT2D eigenvalue weighted by molar-refractivity contribution is 0.586. The molecule has 6 heteroatoms. The van der Waals surface area contributed by atoms with Crippen molar-refractivity contribution >= 4 is 15.5 Å². The number of anilines is 1. The van der Waals surface area contributed by atoms with Gasteiger partial charge in [-0.1, -0.05) is 6.07 Å². The van der Waals surface area contributed by atoms with Crippen LogP contribution in [-0.2, 0) is 15.6 Å². The fourth-order valence-electron chi connectivity index (χ4n) is 1.99. The molecule has 0 unspecified atom stereocenters. The van der Waals surface area contributed by atoms with Gasteiger partial charge in [-0.05, 0) is 42.8 Å². The molecule has 0 heterocycles. The van der Waals surface area contributed by atoms with E-state index >= 15 is 0 Å². The summed E-state index contributed by atoms with van der Waals surface area (Å²) in [6.45, 7) is 1.65. The van der Waals surface area contributed by atoms with Gasteiger partial charge in [0, 0.05) is 11.3 Å². The van der Waals surface area contributed by atoms with E-state index in [1.165, 1.54) is 18.2 Å². The minimum absolute atomic E-state index is 0.0316. The summed E-state index contributed by atoms with van der Waals surface area (Å²) in [5, 5.41) is 8.81. The van der Waals surface area contributed by atoms with E-state index in [2.05, 4.69) is 0 Å². The van der Waals surface area contributed by atoms with E-state index in [1.807, 2.05) is 6.07 Å². The summed E-state index contributed by atoms with van der Waals surface area (Å²) < 4.78 is 38.6. The Balaban J connectivity index is 2.47. The molecule has 0 aliphatic rings. The van der Waals surface area contributed by atoms with Gasteiger partial charge < -0.3 is 5.73 Å². The maximum absolute atomic E-state index is 13.7. The van der Waals surface area contributed by atoms with Gasteiger partial charge in [0.1, 0.15) is 5.82 Å². The molecule has 2 aromatic rings. The zero-order valence-corrected chi connectivity index (χ0v) is 12.1. The predicted molar refractivity (Wildman–Crippen MR) is 77.6 cm³/mol. The first-order valence-electron chi connectivity index (χ1n) is 6.11. The lowest BCUT2D eigenvalue weighted by atomic mass is 10.1. The summed E-state index contributed by atoms with van der Waals surface area (Å²) >= 11 is 0. The number of hydrogen-bond donors (Lipinski definition) is 1. The van der Waals surface area contributed by atoms with Crippen LogP contribution in [0.3, 0.4) is 0 Å². The lowest BCUT2D eigenvalue weighted by Gasteiger charge is -2.09. The molecule has 2 aromatic carbocycles. The predicted octanol–water partition coefficient (Wildman–Crippen LogP) is 2.56. The number of benzene rings is 2. The van der Waals surface area contributed by atoms with Gasteiger partial charge in [-0.25, -0.2) is 12.8 Å². The molecule has 21 heavy (non-hydrogen) atoms. The highest BCUT2D eigenvalue weighted by Gasteiger charge is 2.20. The fourth-order valence-corrected chi connectivity index (χ4v) is 3.65. The number of nitrogens with two attached hydrogens (primary N) is 1. The number of nitrogens with zero attached hydrogens (tertiary/aromatic N) is 1. The second-order valence-electron chi connectivity index (χ2n) is 4.70. The average Bonchev–Trinajstić information content (AvgIpc) is 2.43. The Morgan fingerprint density at radius 3 is 2.62 bits per heavy atom. The Morgan fingerprint density at radius 2 is 1.95 bits per heavy atom. The van der Waals surface area contributed by atoms with Gasteiger partial charge in [0.2, 0.25) is 0 Å². The van der Waals surface area contributed by atoms with Gasteiger partial charge in [0.25, 0.3) is 0 Å². The third-order valence-electron chi connectivity index (χ3n) is 3.07. The van der Waals surface area contributed by atoms with Crippen molar-refractivity contribution in [1.82, 2.24) is 0 Å². The van der Waals surface area contributed by atoms with Crippen LogP contribution in [0.1, 0.15) is 16.7 Å². The van der Waals surface area contributed by atoms with Crippen molar-refractivity contribution in [2.45, 2.75) is 17.6 Å². The van der Waals surface area contributed by atoms with E-state index in [9.17, 15) is 12.8 Å². The van der Waals surface area contributed by atoms with Crippen LogP contribution in [0.4, 0.5) is 10.1 Å². The van der Waals surface area contributed by atoms with Crippen LogP contribution in [0, 0.1) is 24.1 Å². The molecule has 0 saturated carbocycles. The zero-order chi connectivity index (χ0) is 15.6. The van der Waals surface area contributed by atoms with Crippen LogP contribution in [0.2, 0.25) is 0 Å². The molecule has 0 fully saturated rings. The van der Waals surface area contributed by atoms with E-state index in [-0.39, 0.29) is 16.0 Å². The summed E-state index contributed by atoms with van der Waals surface area (Å²) in [5.74, 6) is -1.17. The van der Waals surface area contributed by atoms with Gasteiger partial charge >= 0.3 is 0 Å². The molecule has 4 nitrogen and oxygen atoms in total. The van der Waals surface area contributed by atoms with Crippen LogP contribution in [0.25, 0.3) is 0 Å². The molecule has 0 radical (unpaired) electrons. The van der Waals surface area contributed by atoms with Crippen molar-refractivity contribution < 1.29 is 12.8 Å². The topological polar surface area (TPSA) is 84.0 Å². The van der Waals surface area contributed by atoms with Crippen molar-refractivity contribution in [2.75, 3.05) is 5.73 Å². The Labute approximate surface area is 122 Å². The number of rotatable bonds is 3. The van der Waals surface area contributed by atoms with Crippen molar-refractivity contribution in [3.05, 3.63) is 58.9 Å². The van der Waals surface area contributed by atoms with Crippen molar-refractivity contribution in [2.24, 2.45) is 0 Å². The standard InChI is InChI=1S/C15H13FN2O2S/c1-10-2-4-13(18)7-15(10)21(19,20)9-12-6-11(8-17)3-5-14(12)16/h2-7H,9,18H2,1H3. The summed E-state index contributed by atoms with van der Waals surface area (Å²) in [7, 11) is -3.74. The maximum Gasteiger partial charge on any atom is 0.182 e. The molecule has 0 aliphatic carbocycles. The first-order chi connectivity index (χ1) is 9.83. The maximum atomic E-state index is 13.7. The molecule has 0 aromatic heterocycles. The molecule has 0 saturated heterocycles. The molecule has 0 spiro atoms. The van der Waals surface area contributed by atoms with E-state index in [0.29, 0.717) is 11.3 Å². The van der Waals surface area contributed by atoms with Crippen LogP contribution < -0.4 is 5.73 Å². The van der Waals surface area contributed by atoms with Crippen LogP contribution in [-0.4, -0.2) is 8.42 Å². The quantitative estimate of drug-likeness (QED) is 0.883. The normalized spacial score (nSPS) is 11.1. The number of nitriles is 1. The first-order valence-corrected chi connectivity index (χ1v) is 7.76. The van der Waals surface area contributed by atoms with Gasteiger partial charge in [0.05, 0.1) is 22.3 Å².